The number of nitrogens with zero attached hydrogens (tertiary/aromatic N) is 2. The molecule has 2 saturated heterocycles. The standard InChI is InChI=1S/C11H14N2O4S/c14-10(15)8-1-2-9(12-3-8)13-4-11(5-13)6-18(16,17)7-11/h1-3,16-17H,4-7H2,(H,14,15). The Hall–Kier alpha value is -1.31. The number of anilines is 1. The fraction of sp³-hybridized carbons (Fsp3) is 0.455. The van der Waals surface area contributed by atoms with Gasteiger partial charge in [0.2, 0.25) is 0 Å². The van der Waals surface area contributed by atoms with Crippen molar-refractivity contribution in [1.29, 1.82) is 0 Å². The predicted molar refractivity (Wildman–Crippen MR) is 68.4 cm³/mol. The van der Waals surface area contributed by atoms with E-state index in [9.17, 15) is 13.9 Å². The Morgan fingerprint density at radius 1 is 1.33 bits per heavy atom. The molecule has 98 valence electrons. The molecule has 0 unspecified atom stereocenters. The zero-order valence-electron chi connectivity index (χ0n) is 9.61. The van der Waals surface area contributed by atoms with Gasteiger partial charge in [-0.25, -0.2) is 9.78 Å². The minimum Gasteiger partial charge on any atom is -0.478 e. The highest BCUT2D eigenvalue weighted by Gasteiger charge is 2.56. The Labute approximate surface area is 106 Å². The molecule has 2 fully saturated rings. The molecule has 3 heterocycles. The van der Waals surface area contributed by atoms with Gasteiger partial charge < -0.3 is 10.0 Å². The smallest absolute Gasteiger partial charge is 0.337 e. The molecule has 3 N–H and O–H groups in total. The topological polar surface area (TPSA) is 93.9 Å². The Balaban J connectivity index is 1.64. The second kappa shape index (κ2) is 3.59. The summed E-state index contributed by atoms with van der Waals surface area (Å²) in [5.74, 6) is 0.740. The minimum absolute atomic E-state index is 0.0476. The van der Waals surface area contributed by atoms with E-state index in [1.165, 1.54) is 12.3 Å². The maximum absolute atomic E-state index is 10.7. The van der Waals surface area contributed by atoms with E-state index in [0.29, 0.717) is 11.5 Å². The van der Waals surface area contributed by atoms with Crippen LogP contribution in [0.4, 0.5) is 5.82 Å². The van der Waals surface area contributed by atoms with Crippen LogP contribution in [0.1, 0.15) is 10.4 Å². The largest absolute Gasteiger partial charge is 0.478 e. The van der Waals surface area contributed by atoms with Gasteiger partial charge in [0, 0.05) is 36.2 Å². The zero-order chi connectivity index (χ0) is 13.0. The molecule has 2 aliphatic heterocycles. The van der Waals surface area contributed by atoms with E-state index in [4.69, 9.17) is 5.11 Å². The van der Waals surface area contributed by atoms with Crippen molar-refractivity contribution in [2.45, 2.75) is 0 Å². The van der Waals surface area contributed by atoms with Crippen molar-refractivity contribution in [3.05, 3.63) is 23.9 Å². The Kier molecular flexibility index (Phi) is 2.35. The van der Waals surface area contributed by atoms with Crippen LogP contribution in [0.3, 0.4) is 0 Å². The molecule has 0 aromatic carbocycles. The van der Waals surface area contributed by atoms with E-state index < -0.39 is 16.6 Å². The normalized spacial score (nSPS) is 25.1. The van der Waals surface area contributed by atoms with E-state index >= 15 is 0 Å². The quantitative estimate of drug-likeness (QED) is 0.751. The molecule has 0 bridgehead atoms. The lowest BCUT2D eigenvalue weighted by Crippen LogP contribution is -2.67. The van der Waals surface area contributed by atoms with Crippen molar-refractivity contribution >= 4 is 22.4 Å². The Morgan fingerprint density at radius 3 is 2.44 bits per heavy atom. The van der Waals surface area contributed by atoms with E-state index in [2.05, 4.69) is 4.98 Å². The average Bonchev–Trinajstić information content (AvgIpc) is 2.22. The number of carbonyl (C=O) groups is 1. The predicted octanol–water partition coefficient (Wildman–Crippen LogP) is 1.35. The molecule has 1 aromatic rings. The van der Waals surface area contributed by atoms with Gasteiger partial charge in [-0.15, -0.1) is 0 Å². The van der Waals surface area contributed by atoms with Crippen molar-refractivity contribution < 1.29 is 19.0 Å². The van der Waals surface area contributed by atoms with Gasteiger partial charge in [-0.05, 0) is 12.1 Å². The number of hydrogen-bond acceptors (Lipinski definition) is 5. The van der Waals surface area contributed by atoms with E-state index in [1.54, 1.807) is 6.07 Å². The van der Waals surface area contributed by atoms with Crippen LogP contribution in [0.2, 0.25) is 0 Å². The molecule has 1 aromatic heterocycles. The first-order chi connectivity index (χ1) is 8.39. The maximum Gasteiger partial charge on any atom is 0.337 e. The summed E-state index contributed by atoms with van der Waals surface area (Å²) in [7, 11) is -2.30. The molecule has 2 aliphatic rings. The summed E-state index contributed by atoms with van der Waals surface area (Å²) in [6, 6.07) is 3.22. The third-order valence-corrected chi connectivity index (χ3v) is 5.60. The molecule has 0 amide bonds. The molecular formula is C11H14N2O4S. The van der Waals surface area contributed by atoms with E-state index in [-0.39, 0.29) is 11.0 Å². The molecular weight excluding hydrogens is 256 g/mol. The van der Waals surface area contributed by atoms with Crippen molar-refractivity contribution in [2.24, 2.45) is 5.41 Å². The number of hydrogen-bond donors (Lipinski definition) is 3. The molecule has 0 saturated carbocycles. The lowest BCUT2D eigenvalue weighted by Gasteiger charge is -2.64. The van der Waals surface area contributed by atoms with Gasteiger partial charge in [0.25, 0.3) is 0 Å². The number of carboxylic acid groups (broad SMARTS) is 1. The first-order valence-corrected chi connectivity index (χ1v) is 7.46. The van der Waals surface area contributed by atoms with Gasteiger partial charge in [0.15, 0.2) is 0 Å². The molecule has 0 aliphatic carbocycles. The lowest BCUT2D eigenvalue weighted by molar-refractivity contribution is 0.0696. The Morgan fingerprint density at radius 2 is 2.00 bits per heavy atom. The first-order valence-electron chi connectivity index (χ1n) is 5.57. The number of pyridine rings is 1. The summed E-state index contributed by atoms with van der Waals surface area (Å²) in [5, 5.41) is 8.77. The number of carboxylic acids is 1. The van der Waals surface area contributed by atoms with Gasteiger partial charge in [-0.3, -0.25) is 9.11 Å². The second-order valence-corrected chi connectivity index (χ2v) is 7.34. The number of aromatic carboxylic acids is 1. The zero-order valence-corrected chi connectivity index (χ0v) is 10.4. The molecule has 1 spiro atoms. The van der Waals surface area contributed by atoms with E-state index in [1.807, 2.05) is 4.90 Å². The molecule has 0 atom stereocenters. The third kappa shape index (κ3) is 1.84. The summed E-state index contributed by atoms with van der Waals surface area (Å²) >= 11 is 0. The monoisotopic (exact) mass is 270 g/mol. The summed E-state index contributed by atoms with van der Waals surface area (Å²) in [6.07, 6.45) is 1.34. The van der Waals surface area contributed by atoms with Crippen LogP contribution in [0, 0.1) is 5.41 Å². The molecule has 3 rings (SSSR count). The molecule has 7 heteroatoms. The van der Waals surface area contributed by atoms with Crippen molar-refractivity contribution in [3.63, 3.8) is 0 Å². The van der Waals surface area contributed by atoms with Crippen LogP contribution in [0.5, 0.6) is 0 Å². The Bertz CT molecular complexity index is 486. The number of rotatable bonds is 2. The summed E-state index contributed by atoms with van der Waals surface area (Å²) in [6.45, 7) is 1.53. The minimum atomic E-state index is -2.30. The van der Waals surface area contributed by atoms with Crippen LogP contribution in [0.25, 0.3) is 0 Å². The number of aromatic nitrogens is 1. The van der Waals surface area contributed by atoms with Crippen LogP contribution >= 0.6 is 10.6 Å². The average molecular weight is 270 g/mol. The fourth-order valence-corrected chi connectivity index (χ4v) is 4.99. The van der Waals surface area contributed by atoms with Gasteiger partial charge in [0.1, 0.15) is 5.82 Å². The van der Waals surface area contributed by atoms with Crippen LogP contribution in [0.15, 0.2) is 18.3 Å². The lowest BCUT2D eigenvalue weighted by atomic mass is 9.83. The summed E-state index contributed by atoms with van der Waals surface area (Å²) in [4.78, 5) is 16.8. The van der Waals surface area contributed by atoms with Crippen molar-refractivity contribution in [2.75, 3.05) is 29.5 Å². The van der Waals surface area contributed by atoms with Gasteiger partial charge >= 0.3 is 5.97 Å². The SMILES string of the molecule is O=C(O)c1ccc(N2CC3(C2)CS(O)(O)C3)nc1. The molecule has 0 radical (unpaired) electrons. The van der Waals surface area contributed by atoms with Crippen molar-refractivity contribution in [1.82, 2.24) is 4.98 Å². The second-order valence-electron chi connectivity index (χ2n) is 5.16. The highest BCUT2D eigenvalue weighted by atomic mass is 32.3. The highest BCUT2D eigenvalue weighted by molar-refractivity contribution is 8.25. The molecule has 6 nitrogen and oxygen atoms in total. The van der Waals surface area contributed by atoms with Gasteiger partial charge in [0.05, 0.1) is 5.56 Å². The molecule has 18 heavy (non-hydrogen) atoms. The fourth-order valence-electron chi connectivity index (χ4n) is 2.75. The van der Waals surface area contributed by atoms with Crippen LogP contribution in [-0.4, -0.2) is 49.8 Å². The van der Waals surface area contributed by atoms with Crippen LogP contribution in [-0.2, 0) is 0 Å². The van der Waals surface area contributed by atoms with Gasteiger partial charge in [-0.2, -0.15) is 10.6 Å². The van der Waals surface area contributed by atoms with Crippen molar-refractivity contribution in [3.8, 4) is 0 Å². The van der Waals surface area contributed by atoms with Gasteiger partial charge in [-0.1, -0.05) is 0 Å². The van der Waals surface area contributed by atoms with Crippen LogP contribution < -0.4 is 4.90 Å². The highest BCUT2D eigenvalue weighted by Crippen LogP contribution is 2.62. The third-order valence-electron chi connectivity index (χ3n) is 3.45. The first kappa shape index (κ1) is 11.8. The summed E-state index contributed by atoms with van der Waals surface area (Å²) < 4.78 is 18.8. The maximum atomic E-state index is 10.7. The van der Waals surface area contributed by atoms with E-state index in [0.717, 1.165) is 18.9 Å². The summed E-state index contributed by atoms with van der Waals surface area (Å²) in [5.41, 5.74) is 0.221.